The molecule has 0 saturated carbocycles. The van der Waals surface area contributed by atoms with E-state index in [1.54, 1.807) is 0 Å². The predicted octanol–water partition coefficient (Wildman–Crippen LogP) is 0.970. The van der Waals surface area contributed by atoms with Crippen LogP contribution < -0.4 is 10.2 Å². The molecule has 0 aliphatic rings. The van der Waals surface area contributed by atoms with Crippen LogP contribution in [-0.4, -0.2) is 18.6 Å². The Labute approximate surface area is 130 Å². The quantitative estimate of drug-likeness (QED) is 0.743. The highest BCUT2D eigenvalue weighted by Gasteiger charge is 2.16. The standard InChI is InChI=1S/C13H12ClNO6S/c14-8-2-1-3-10(4-8)22(19,20)15-6-9-5-11(17)13(18)12(7-16)21-9/h1-5,15-16,18H,6-7H2. The van der Waals surface area contributed by atoms with Crippen molar-refractivity contribution < 1.29 is 23.0 Å². The number of aliphatic hydroxyl groups is 1. The van der Waals surface area contributed by atoms with Gasteiger partial charge in [0.1, 0.15) is 12.4 Å². The van der Waals surface area contributed by atoms with E-state index in [1.165, 1.54) is 24.3 Å². The summed E-state index contributed by atoms with van der Waals surface area (Å²) in [6, 6.07) is 6.60. The third-order valence-electron chi connectivity index (χ3n) is 2.73. The molecule has 0 saturated heterocycles. The predicted molar refractivity (Wildman–Crippen MR) is 78.0 cm³/mol. The second kappa shape index (κ2) is 6.49. The van der Waals surface area contributed by atoms with E-state index in [0.29, 0.717) is 0 Å². The molecule has 118 valence electrons. The minimum absolute atomic E-state index is 0.0384. The lowest BCUT2D eigenvalue weighted by Gasteiger charge is -2.08. The molecule has 22 heavy (non-hydrogen) atoms. The van der Waals surface area contributed by atoms with Crippen LogP contribution in [0.4, 0.5) is 0 Å². The fourth-order valence-corrected chi connectivity index (χ4v) is 2.96. The topological polar surface area (TPSA) is 117 Å². The van der Waals surface area contributed by atoms with Gasteiger partial charge in [-0.25, -0.2) is 13.1 Å². The fraction of sp³-hybridized carbons (Fsp3) is 0.154. The lowest BCUT2D eigenvalue weighted by molar-refractivity contribution is 0.227. The number of nitrogens with one attached hydrogen (secondary N) is 1. The van der Waals surface area contributed by atoms with E-state index in [2.05, 4.69) is 4.72 Å². The molecule has 2 aromatic rings. The van der Waals surface area contributed by atoms with Crippen LogP contribution in [0.2, 0.25) is 5.02 Å². The number of aliphatic hydroxyl groups excluding tert-OH is 1. The van der Waals surface area contributed by atoms with Gasteiger partial charge >= 0.3 is 0 Å². The molecule has 0 radical (unpaired) electrons. The first-order valence-electron chi connectivity index (χ1n) is 6.04. The smallest absolute Gasteiger partial charge is 0.241 e. The Hall–Kier alpha value is -1.87. The number of hydrogen-bond acceptors (Lipinski definition) is 6. The van der Waals surface area contributed by atoms with Crippen LogP contribution in [0.3, 0.4) is 0 Å². The molecular formula is C13H12ClNO6S. The first-order chi connectivity index (χ1) is 10.3. The molecule has 0 atom stereocenters. The van der Waals surface area contributed by atoms with Crippen molar-refractivity contribution >= 4 is 21.6 Å². The van der Waals surface area contributed by atoms with E-state index in [4.69, 9.17) is 21.1 Å². The minimum Gasteiger partial charge on any atom is -0.502 e. The van der Waals surface area contributed by atoms with Crippen molar-refractivity contribution in [3.8, 4) is 5.75 Å². The molecule has 0 spiro atoms. The summed E-state index contributed by atoms with van der Waals surface area (Å²) < 4.78 is 31.4. The fourth-order valence-electron chi connectivity index (χ4n) is 1.67. The summed E-state index contributed by atoms with van der Waals surface area (Å²) in [5.74, 6) is -1.08. The molecule has 9 heteroatoms. The molecule has 0 fully saturated rings. The molecule has 1 heterocycles. The lowest BCUT2D eigenvalue weighted by atomic mass is 10.3. The lowest BCUT2D eigenvalue weighted by Crippen LogP contribution is -2.24. The number of halogens is 1. The minimum atomic E-state index is -3.85. The second-order valence-corrected chi connectivity index (χ2v) is 6.49. The molecule has 0 unspecified atom stereocenters. The van der Waals surface area contributed by atoms with Gasteiger partial charge in [0.15, 0.2) is 5.76 Å². The van der Waals surface area contributed by atoms with Crippen LogP contribution in [-0.2, 0) is 23.2 Å². The van der Waals surface area contributed by atoms with Gasteiger partial charge in [0.05, 0.1) is 11.4 Å². The Kier molecular flexibility index (Phi) is 4.87. The maximum atomic E-state index is 12.1. The van der Waals surface area contributed by atoms with Gasteiger partial charge in [-0.3, -0.25) is 4.79 Å². The second-order valence-electron chi connectivity index (χ2n) is 4.29. The molecule has 0 aliphatic carbocycles. The Balaban J connectivity index is 2.23. The van der Waals surface area contributed by atoms with Gasteiger partial charge in [-0.15, -0.1) is 0 Å². The summed E-state index contributed by atoms with van der Waals surface area (Å²) in [4.78, 5) is 11.4. The molecule has 3 N–H and O–H groups in total. The Bertz CT molecular complexity index is 846. The SMILES string of the molecule is O=c1cc(CNS(=O)(=O)c2cccc(Cl)c2)oc(CO)c1O. The number of rotatable bonds is 5. The summed E-state index contributed by atoms with van der Waals surface area (Å²) in [5.41, 5.74) is -0.771. The monoisotopic (exact) mass is 345 g/mol. The summed E-state index contributed by atoms with van der Waals surface area (Å²) in [6.45, 7) is -1.01. The van der Waals surface area contributed by atoms with Crippen LogP contribution >= 0.6 is 11.6 Å². The first kappa shape index (κ1) is 16.5. The van der Waals surface area contributed by atoms with E-state index >= 15 is 0 Å². The van der Waals surface area contributed by atoms with Crippen molar-refractivity contribution in [2.45, 2.75) is 18.0 Å². The molecule has 0 aliphatic heterocycles. The van der Waals surface area contributed by atoms with Gasteiger partial charge in [-0.05, 0) is 18.2 Å². The van der Waals surface area contributed by atoms with Gasteiger partial charge < -0.3 is 14.6 Å². The van der Waals surface area contributed by atoms with Gasteiger partial charge in [0, 0.05) is 11.1 Å². The molecule has 1 aromatic heterocycles. The average Bonchev–Trinajstić information content (AvgIpc) is 2.48. The van der Waals surface area contributed by atoms with Gasteiger partial charge in [0.25, 0.3) is 0 Å². The van der Waals surface area contributed by atoms with E-state index in [9.17, 15) is 18.3 Å². The maximum Gasteiger partial charge on any atom is 0.241 e. The van der Waals surface area contributed by atoms with E-state index in [1.807, 2.05) is 0 Å². The van der Waals surface area contributed by atoms with Crippen molar-refractivity contribution in [2.75, 3.05) is 0 Å². The molecule has 7 nitrogen and oxygen atoms in total. The highest BCUT2D eigenvalue weighted by Crippen LogP contribution is 2.17. The van der Waals surface area contributed by atoms with E-state index in [0.717, 1.165) is 6.07 Å². The van der Waals surface area contributed by atoms with Crippen LogP contribution in [0.15, 0.2) is 44.4 Å². The van der Waals surface area contributed by atoms with Crippen molar-refractivity contribution in [2.24, 2.45) is 0 Å². The van der Waals surface area contributed by atoms with E-state index < -0.39 is 27.8 Å². The highest BCUT2D eigenvalue weighted by atomic mass is 35.5. The van der Waals surface area contributed by atoms with Crippen molar-refractivity contribution in [3.63, 3.8) is 0 Å². The summed E-state index contributed by atoms with van der Waals surface area (Å²) in [7, 11) is -3.85. The normalized spacial score (nSPS) is 11.5. The van der Waals surface area contributed by atoms with Crippen LogP contribution in [0.5, 0.6) is 5.75 Å². The van der Waals surface area contributed by atoms with Crippen molar-refractivity contribution in [1.82, 2.24) is 4.72 Å². The van der Waals surface area contributed by atoms with Crippen molar-refractivity contribution in [3.05, 3.63) is 57.1 Å². The Morgan fingerprint density at radius 2 is 2.00 bits per heavy atom. The first-order valence-corrected chi connectivity index (χ1v) is 7.90. The Morgan fingerprint density at radius 1 is 1.27 bits per heavy atom. The van der Waals surface area contributed by atoms with Crippen LogP contribution in [0, 0.1) is 0 Å². The zero-order valence-corrected chi connectivity index (χ0v) is 12.7. The number of hydrogen-bond donors (Lipinski definition) is 3. The van der Waals surface area contributed by atoms with Gasteiger partial charge in [-0.2, -0.15) is 0 Å². The molecule has 0 bridgehead atoms. The third kappa shape index (κ3) is 3.66. The number of benzene rings is 1. The third-order valence-corrected chi connectivity index (χ3v) is 4.36. The molecule has 1 aromatic carbocycles. The summed E-state index contributed by atoms with van der Waals surface area (Å²) >= 11 is 5.74. The number of sulfonamides is 1. The molecule has 0 amide bonds. The van der Waals surface area contributed by atoms with Gasteiger partial charge in [0.2, 0.25) is 21.2 Å². The zero-order valence-electron chi connectivity index (χ0n) is 11.1. The summed E-state index contributed by atoms with van der Waals surface area (Å²) in [5, 5.41) is 18.6. The largest absolute Gasteiger partial charge is 0.502 e. The highest BCUT2D eigenvalue weighted by molar-refractivity contribution is 7.89. The molecular weight excluding hydrogens is 334 g/mol. The zero-order chi connectivity index (χ0) is 16.3. The molecule has 2 rings (SSSR count). The number of aromatic hydroxyl groups is 1. The van der Waals surface area contributed by atoms with Crippen molar-refractivity contribution in [1.29, 1.82) is 0 Å². The van der Waals surface area contributed by atoms with E-state index in [-0.39, 0.29) is 28.0 Å². The Morgan fingerprint density at radius 3 is 2.64 bits per heavy atom. The summed E-state index contributed by atoms with van der Waals surface area (Å²) in [6.07, 6.45) is 0. The maximum absolute atomic E-state index is 12.1. The van der Waals surface area contributed by atoms with Crippen LogP contribution in [0.1, 0.15) is 11.5 Å². The van der Waals surface area contributed by atoms with Crippen LogP contribution in [0.25, 0.3) is 0 Å². The average molecular weight is 346 g/mol. The van der Waals surface area contributed by atoms with Gasteiger partial charge in [-0.1, -0.05) is 17.7 Å².